The Morgan fingerprint density at radius 1 is 1.13 bits per heavy atom. The van der Waals surface area contributed by atoms with Crippen LogP contribution in [0.2, 0.25) is 0 Å². The molecule has 1 aromatic heterocycles. The molecule has 23 heavy (non-hydrogen) atoms. The first kappa shape index (κ1) is 16.4. The molecule has 0 bridgehead atoms. The number of nitrogens with one attached hydrogen (secondary N) is 2. The Kier molecular flexibility index (Phi) is 5.27. The summed E-state index contributed by atoms with van der Waals surface area (Å²) in [5.41, 5.74) is 1.88. The molecule has 0 atom stereocenters. The van der Waals surface area contributed by atoms with E-state index >= 15 is 0 Å². The lowest BCUT2D eigenvalue weighted by atomic mass is 10.1. The van der Waals surface area contributed by atoms with Gasteiger partial charge in [-0.1, -0.05) is 6.07 Å². The number of amides is 2. The number of carboxylic acids is 1. The number of thiophene rings is 1. The molecule has 0 aliphatic rings. The third-order valence-electron chi connectivity index (χ3n) is 2.86. The van der Waals surface area contributed by atoms with Crippen molar-refractivity contribution in [2.24, 2.45) is 0 Å². The molecule has 0 fully saturated rings. The van der Waals surface area contributed by atoms with E-state index in [2.05, 4.69) is 10.6 Å². The van der Waals surface area contributed by atoms with Gasteiger partial charge in [-0.05, 0) is 48.2 Å². The molecule has 0 aliphatic heterocycles. The summed E-state index contributed by atoms with van der Waals surface area (Å²) in [7, 11) is 0. The molecule has 0 aliphatic carbocycles. The minimum absolute atomic E-state index is 0.197. The number of carboxylic acid groups (broad SMARTS) is 1. The summed E-state index contributed by atoms with van der Waals surface area (Å²) in [4.78, 5) is 34.3. The third kappa shape index (κ3) is 4.79. The van der Waals surface area contributed by atoms with Gasteiger partial charge in [-0.15, -0.1) is 11.3 Å². The molecule has 0 saturated carbocycles. The first-order chi connectivity index (χ1) is 11.0. The highest BCUT2D eigenvalue weighted by Crippen LogP contribution is 2.21. The van der Waals surface area contributed by atoms with Crippen LogP contribution >= 0.6 is 11.3 Å². The average Bonchev–Trinajstić information content (AvgIpc) is 3.02. The van der Waals surface area contributed by atoms with Crippen LogP contribution in [0, 0.1) is 6.92 Å². The molecule has 2 N–H and O–H groups in total. The summed E-state index contributed by atoms with van der Waals surface area (Å²) in [6.07, 6.45) is 1.52. The Morgan fingerprint density at radius 2 is 1.91 bits per heavy atom. The topological polar surface area (TPSA) is 98.3 Å². The summed E-state index contributed by atoms with van der Waals surface area (Å²) in [6.45, 7) is 1.79. The quantitative estimate of drug-likeness (QED) is 0.813. The molecule has 6 nitrogen and oxygen atoms in total. The van der Waals surface area contributed by atoms with Crippen molar-refractivity contribution in [2.75, 3.05) is 10.6 Å². The van der Waals surface area contributed by atoms with Gasteiger partial charge in [0.1, 0.15) is 0 Å². The molecule has 2 rings (SSSR count). The predicted octanol–water partition coefficient (Wildman–Crippen LogP) is 1.55. The van der Waals surface area contributed by atoms with Crippen molar-refractivity contribution >= 4 is 40.5 Å². The monoisotopic (exact) mass is 329 g/mol. The van der Waals surface area contributed by atoms with Gasteiger partial charge >= 0.3 is 0 Å². The number of rotatable bonds is 5. The van der Waals surface area contributed by atoms with Gasteiger partial charge < -0.3 is 20.5 Å². The molecule has 2 aromatic rings. The lowest BCUT2D eigenvalue weighted by Gasteiger charge is -2.10. The normalized spacial score (nSPS) is 10.5. The van der Waals surface area contributed by atoms with Crippen molar-refractivity contribution in [3.05, 3.63) is 58.3 Å². The van der Waals surface area contributed by atoms with Crippen molar-refractivity contribution in [3.63, 3.8) is 0 Å². The maximum Gasteiger partial charge on any atom is 0.265 e. The number of carbonyl (C=O) groups excluding carboxylic acids is 3. The van der Waals surface area contributed by atoms with Crippen LogP contribution in [-0.4, -0.2) is 17.8 Å². The Bertz CT molecular complexity index is 766. The van der Waals surface area contributed by atoms with Crippen molar-refractivity contribution in [1.29, 1.82) is 0 Å². The summed E-state index contributed by atoms with van der Waals surface area (Å²) < 4.78 is 0. The fourth-order valence-electron chi connectivity index (χ4n) is 1.80. The van der Waals surface area contributed by atoms with Crippen LogP contribution < -0.4 is 15.7 Å². The zero-order valence-corrected chi connectivity index (χ0v) is 13.0. The van der Waals surface area contributed by atoms with Gasteiger partial charge in [0.05, 0.1) is 10.8 Å². The Balaban J connectivity index is 2.04. The van der Waals surface area contributed by atoms with E-state index in [-0.39, 0.29) is 5.91 Å². The highest BCUT2D eigenvalue weighted by molar-refractivity contribution is 7.12. The minimum Gasteiger partial charge on any atom is -0.545 e. The van der Waals surface area contributed by atoms with Crippen LogP contribution in [0.1, 0.15) is 15.2 Å². The number of hydrogen-bond acceptors (Lipinski definition) is 5. The Labute approximate surface area is 136 Å². The highest BCUT2D eigenvalue weighted by atomic mass is 32.1. The van der Waals surface area contributed by atoms with Gasteiger partial charge in [-0.2, -0.15) is 0 Å². The van der Waals surface area contributed by atoms with Gasteiger partial charge in [0.25, 0.3) is 5.91 Å². The summed E-state index contributed by atoms with van der Waals surface area (Å²) in [6, 6.07) is 8.48. The standard InChI is InChI=1S/C16H14N2O4S/c1-10-9-11(17-14(19)6-7-15(20)21)4-5-12(10)18-16(22)13-3-2-8-23-13/h2-9H,1H3,(H,17,19)(H,18,22)(H,20,21)/p-1/b7-6+. The van der Waals surface area contributed by atoms with Crippen LogP contribution in [0.15, 0.2) is 47.9 Å². The van der Waals surface area contributed by atoms with E-state index in [4.69, 9.17) is 0 Å². The number of hydrogen-bond donors (Lipinski definition) is 2. The van der Waals surface area contributed by atoms with E-state index in [0.29, 0.717) is 22.3 Å². The zero-order chi connectivity index (χ0) is 16.8. The lowest BCUT2D eigenvalue weighted by Crippen LogP contribution is -2.20. The van der Waals surface area contributed by atoms with Crippen molar-refractivity contribution in [3.8, 4) is 0 Å². The second kappa shape index (κ2) is 7.37. The van der Waals surface area contributed by atoms with E-state index < -0.39 is 11.9 Å². The molecule has 1 aromatic carbocycles. The second-order valence-corrected chi connectivity index (χ2v) is 5.55. The molecular formula is C16H13N2O4S-. The maximum absolute atomic E-state index is 12.0. The van der Waals surface area contributed by atoms with E-state index in [0.717, 1.165) is 11.6 Å². The van der Waals surface area contributed by atoms with Crippen LogP contribution in [0.5, 0.6) is 0 Å². The molecule has 118 valence electrons. The van der Waals surface area contributed by atoms with Crippen molar-refractivity contribution in [2.45, 2.75) is 6.92 Å². The number of benzene rings is 1. The van der Waals surface area contributed by atoms with Gasteiger partial charge in [-0.25, -0.2) is 0 Å². The molecule has 1 heterocycles. The van der Waals surface area contributed by atoms with Gasteiger partial charge in [0.2, 0.25) is 5.91 Å². The zero-order valence-electron chi connectivity index (χ0n) is 12.2. The van der Waals surface area contributed by atoms with Gasteiger partial charge in [0.15, 0.2) is 0 Å². The number of aliphatic carboxylic acids is 1. The summed E-state index contributed by atoms with van der Waals surface area (Å²) >= 11 is 1.35. The average molecular weight is 329 g/mol. The lowest BCUT2D eigenvalue weighted by molar-refractivity contribution is -0.297. The maximum atomic E-state index is 12.0. The molecule has 0 radical (unpaired) electrons. The van der Waals surface area contributed by atoms with Crippen molar-refractivity contribution < 1.29 is 19.5 Å². The summed E-state index contributed by atoms with van der Waals surface area (Å²) in [5, 5.41) is 17.4. The van der Waals surface area contributed by atoms with E-state index in [1.54, 1.807) is 37.3 Å². The van der Waals surface area contributed by atoms with Crippen LogP contribution in [0.4, 0.5) is 11.4 Å². The molecule has 0 saturated heterocycles. The number of anilines is 2. The Morgan fingerprint density at radius 3 is 2.52 bits per heavy atom. The first-order valence-electron chi connectivity index (χ1n) is 6.61. The molecular weight excluding hydrogens is 316 g/mol. The van der Waals surface area contributed by atoms with Gasteiger partial charge in [-0.3, -0.25) is 9.59 Å². The molecule has 0 unspecified atom stereocenters. The molecule has 2 amide bonds. The number of aryl methyl sites for hydroxylation is 1. The molecule has 0 spiro atoms. The van der Waals surface area contributed by atoms with E-state index in [9.17, 15) is 19.5 Å². The smallest absolute Gasteiger partial charge is 0.265 e. The molecule has 7 heteroatoms. The third-order valence-corrected chi connectivity index (χ3v) is 3.73. The SMILES string of the molecule is Cc1cc(NC(=O)/C=C/C(=O)[O-])ccc1NC(=O)c1cccs1. The highest BCUT2D eigenvalue weighted by Gasteiger charge is 2.09. The van der Waals surface area contributed by atoms with Crippen LogP contribution in [-0.2, 0) is 9.59 Å². The fraction of sp³-hybridized carbons (Fsp3) is 0.0625. The van der Waals surface area contributed by atoms with E-state index in [1.807, 2.05) is 5.38 Å². The van der Waals surface area contributed by atoms with Crippen LogP contribution in [0.3, 0.4) is 0 Å². The second-order valence-electron chi connectivity index (χ2n) is 4.60. The summed E-state index contributed by atoms with van der Waals surface area (Å²) in [5.74, 6) is -2.22. The minimum atomic E-state index is -1.44. The first-order valence-corrected chi connectivity index (χ1v) is 7.49. The fourth-order valence-corrected chi connectivity index (χ4v) is 2.42. The van der Waals surface area contributed by atoms with E-state index in [1.165, 1.54) is 11.3 Å². The van der Waals surface area contributed by atoms with Gasteiger partial charge in [0, 0.05) is 17.5 Å². The largest absolute Gasteiger partial charge is 0.545 e. The van der Waals surface area contributed by atoms with Crippen molar-refractivity contribution in [1.82, 2.24) is 0 Å². The predicted molar refractivity (Wildman–Crippen MR) is 86.2 cm³/mol. The Hall–Kier alpha value is -2.93. The van der Waals surface area contributed by atoms with Crippen LogP contribution in [0.25, 0.3) is 0 Å². The number of carbonyl (C=O) groups is 3.